The van der Waals surface area contributed by atoms with Crippen LogP contribution in [0.5, 0.6) is 5.75 Å². The van der Waals surface area contributed by atoms with Crippen molar-refractivity contribution in [3.63, 3.8) is 0 Å². The second kappa shape index (κ2) is 8.93. The molecule has 1 atom stereocenters. The highest BCUT2D eigenvalue weighted by molar-refractivity contribution is 7.89. The van der Waals surface area contributed by atoms with E-state index in [-0.39, 0.29) is 36.5 Å². The second-order valence-corrected chi connectivity index (χ2v) is 10.1. The Balaban J connectivity index is 1.38. The van der Waals surface area contributed by atoms with E-state index in [4.69, 9.17) is 4.74 Å². The Kier molecular flexibility index (Phi) is 5.84. The van der Waals surface area contributed by atoms with Gasteiger partial charge in [0.15, 0.2) is 0 Å². The smallest absolute Gasteiger partial charge is 0.244 e. The van der Waals surface area contributed by atoms with Crippen LogP contribution >= 0.6 is 0 Å². The van der Waals surface area contributed by atoms with Crippen LogP contribution in [-0.4, -0.2) is 67.3 Å². The molecular weight excluding hydrogens is 440 g/mol. The van der Waals surface area contributed by atoms with Crippen molar-refractivity contribution in [3.8, 4) is 16.9 Å². The number of aromatic nitrogens is 1. The first-order chi connectivity index (χ1) is 16.0. The fraction of sp³-hybridized carbons (Fsp3) is 0.250. The van der Waals surface area contributed by atoms with Crippen LogP contribution in [-0.2, 0) is 14.8 Å². The van der Waals surface area contributed by atoms with Crippen LogP contribution in [0.25, 0.3) is 11.1 Å². The molecule has 8 nitrogen and oxygen atoms in total. The van der Waals surface area contributed by atoms with Crippen molar-refractivity contribution in [3.05, 3.63) is 73.1 Å². The summed E-state index contributed by atoms with van der Waals surface area (Å²) in [5.41, 5.74) is 2.63. The summed E-state index contributed by atoms with van der Waals surface area (Å²) < 4.78 is 33.7. The molecule has 1 saturated heterocycles. The number of pyridine rings is 1. The highest BCUT2D eigenvalue weighted by Gasteiger charge is 2.36. The minimum absolute atomic E-state index is 0.152. The van der Waals surface area contributed by atoms with Crippen LogP contribution < -0.4 is 10.1 Å². The molecule has 1 fully saturated rings. The van der Waals surface area contributed by atoms with Gasteiger partial charge in [-0.1, -0.05) is 36.4 Å². The summed E-state index contributed by atoms with van der Waals surface area (Å²) in [6.45, 7) is 1.41. The molecule has 0 saturated carbocycles. The summed E-state index contributed by atoms with van der Waals surface area (Å²) in [6.07, 6.45) is 2.90. The zero-order chi connectivity index (χ0) is 22.8. The third-order valence-electron chi connectivity index (χ3n) is 5.98. The van der Waals surface area contributed by atoms with Gasteiger partial charge in [-0.15, -0.1) is 0 Å². The maximum atomic E-state index is 13.1. The summed E-state index contributed by atoms with van der Waals surface area (Å²) >= 11 is 0. The molecule has 1 N–H and O–H groups in total. The lowest BCUT2D eigenvalue weighted by atomic mass is 10.0. The predicted molar refractivity (Wildman–Crippen MR) is 124 cm³/mol. The molecule has 2 aliphatic rings. The number of hydrogen-bond donors (Lipinski definition) is 1. The molecule has 33 heavy (non-hydrogen) atoms. The van der Waals surface area contributed by atoms with Crippen molar-refractivity contribution in [1.29, 1.82) is 0 Å². The number of sulfonamides is 1. The van der Waals surface area contributed by atoms with E-state index in [9.17, 15) is 13.2 Å². The fourth-order valence-corrected chi connectivity index (χ4v) is 5.65. The third kappa shape index (κ3) is 4.47. The van der Waals surface area contributed by atoms with Gasteiger partial charge in [0.1, 0.15) is 17.3 Å². The van der Waals surface area contributed by atoms with Crippen LogP contribution in [0.2, 0.25) is 0 Å². The fourth-order valence-electron chi connectivity index (χ4n) is 4.22. The number of carbonyl (C=O) groups is 1. The average molecular weight is 465 g/mol. The zero-order valence-electron chi connectivity index (χ0n) is 17.9. The normalized spacial score (nSPS) is 19.8. The Hall–Kier alpha value is -3.27. The Morgan fingerprint density at radius 3 is 2.64 bits per heavy atom. The Bertz CT molecular complexity index is 1250. The maximum Gasteiger partial charge on any atom is 0.244 e. The van der Waals surface area contributed by atoms with E-state index in [0.717, 1.165) is 11.1 Å². The molecule has 170 valence electrons. The first-order valence-corrected chi connectivity index (χ1v) is 12.2. The molecule has 3 heterocycles. The molecule has 5 rings (SSSR count). The number of anilines is 1. The second-order valence-electron chi connectivity index (χ2n) is 8.11. The Labute approximate surface area is 192 Å². The number of fused-ring (bicyclic) bond motifs is 2. The zero-order valence-corrected chi connectivity index (χ0v) is 18.7. The van der Waals surface area contributed by atoms with Gasteiger partial charge in [0, 0.05) is 32.0 Å². The first-order valence-electron chi connectivity index (χ1n) is 10.8. The summed E-state index contributed by atoms with van der Waals surface area (Å²) in [6, 6.07) is 18.5. The number of piperazine rings is 1. The molecular formula is C24H24N4O4S. The quantitative estimate of drug-likeness (QED) is 0.640. The van der Waals surface area contributed by atoms with Gasteiger partial charge in [0.05, 0.1) is 18.3 Å². The first kappa shape index (κ1) is 21.6. The van der Waals surface area contributed by atoms with Crippen LogP contribution in [0, 0.1) is 0 Å². The van der Waals surface area contributed by atoms with Gasteiger partial charge in [-0.3, -0.25) is 14.7 Å². The lowest BCUT2D eigenvalue weighted by Crippen LogP contribution is -2.57. The van der Waals surface area contributed by atoms with Crippen LogP contribution in [0.1, 0.15) is 0 Å². The van der Waals surface area contributed by atoms with Gasteiger partial charge in [0.25, 0.3) is 0 Å². The predicted octanol–water partition coefficient (Wildman–Crippen LogP) is 2.45. The van der Waals surface area contributed by atoms with E-state index in [1.165, 1.54) is 10.5 Å². The molecule has 1 aromatic heterocycles. The Morgan fingerprint density at radius 2 is 1.85 bits per heavy atom. The van der Waals surface area contributed by atoms with Gasteiger partial charge in [-0.25, -0.2) is 8.42 Å². The number of nitrogens with one attached hydrogen (secondary N) is 1. The van der Waals surface area contributed by atoms with Crippen LogP contribution in [0.3, 0.4) is 0 Å². The number of benzene rings is 2. The summed E-state index contributed by atoms with van der Waals surface area (Å²) in [5.74, 6) is 0.414. The van der Waals surface area contributed by atoms with Crippen molar-refractivity contribution in [2.45, 2.75) is 10.9 Å². The number of nitrogens with zero attached hydrogens (tertiary/aromatic N) is 3. The highest BCUT2D eigenvalue weighted by atomic mass is 32.2. The number of amides is 1. The van der Waals surface area contributed by atoms with Crippen LogP contribution in [0.15, 0.2) is 78.0 Å². The SMILES string of the molecule is O=C1CN2CCN(S(=O)(=O)c3cccnc3)C[C@H]2COc2ccc(-c3ccccc3)cc2N1. The number of ether oxygens (including phenoxy) is 1. The lowest BCUT2D eigenvalue weighted by molar-refractivity contribution is -0.118. The van der Waals surface area contributed by atoms with Gasteiger partial charge in [-0.2, -0.15) is 4.31 Å². The van der Waals surface area contributed by atoms with E-state index in [2.05, 4.69) is 10.3 Å². The number of rotatable bonds is 3. The summed E-state index contributed by atoms with van der Waals surface area (Å²) in [4.78, 5) is 18.9. The van der Waals surface area contributed by atoms with E-state index in [1.54, 1.807) is 18.3 Å². The molecule has 0 aliphatic carbocycles. The van der Waals surface area contributed by atoms with Crippen molar-refractivity contribution in [2.24, 2.45) is 0 Å². The van der Waals surface area contributed by atoms with E-state index >= 15 is 0 Å². The summed E-state index contributed by atoms with van der Waals surface area (Å²) in [7, 11) is -3.66. The molecule has 1 amide bonds. The highest BCUT2D eigenvalue weighted by Crippen LogP contribution is 2.32. The number of hydrogen-bond acceptors (Lipinski definition) is 6. The standard InChI is InChI=1S/C24H24N4O4S/c29-24-16-27-11-12-28(33(30,31)21-7-4-10-25-14-21)15-20(27)17-32-23-9-8-19(13-22(23)26-24)18-5-2-1-3-6-18/h1-10,13-14,20H,11-12,15-17H2,(H,26,29)/t20-/m0/s1. The van der Waals surface area contributed by atoms with E-state index < -0.39 is 10.0 Å². The van der Waals surface area contributed by atoms with Crippen molar-refractivity contribution >= 4 is 21.6 Å². The molecule has 3 aromatic rings. The molecule has 0 radical (unpaired) electrons. The minimum atomic E-state index is -3.66. The molecule has 2 aliphatic heterocycles. The van der Waals surface area contributed by atoms with E-state index in [0.29, 0.717) is 24.5 Å². The lowest BCUT2D eigenvalue weighted by Gasteiger charge is -2.39. The van der Waals surface area contributed by atoms with Gasteiger partial charge in [0.2, 0.25) is 15.9 Å². The van der Waals surface area contributed by atoms with Gasteiger partial charge < -0.3 is 10.1 Å². The number of carbonyl (C=O) groups excluding carboxylic acids is 1. The Morgan fingerprint density at radius 1 is 1.00 bits per heavy atom. The van der Waals surface area contributed by atoms with Crippen molar-refractivity contribution < 1.29 is 17.9 Å². The van der Waals surface area contributed by atoms with Crippen molar-refractivity contribution in [1.82, 2.24) is 14.2 Å². The topological polar surface area (TPSA) is 91.8 Å². The largest absolute Gasteiger partial charge is 0.490 e. The molecule has 0 bridgehead atoms. The van der Waals surface area contributed by atoms with E-state index in [1.807, 2.05) is 53.4 Å². The van der Waals surface area contributed by atoms with Gasteiger partial charge >= 0.3 is 0 Å². The molecule has 0 spiro atoms. The minimum Gasteiger partial charge on any atom is -0.490 e. The molecule has 9 heteroatoms. The third-order valence-corrected chi connectivity index (χ3v) is 7.83. The van der Waals surface area contributed by atoms with Crippen LogP contribution in [0.4, 0.5) is 5.69 Å². The monoisotopic (exact) mass is 464 g/mol. The van der Waals surface area contributed by atoms with Crippen molar-refractivity contribution in [2.75, 3.05) is 38.1 Å². The maximum absolute atomic E-state index is 13.1. The average Bonchev–Trinajstić information content (AvgIpc) is 2.91. The molecule has 2 aromatic carbocycles. The van der Waals surface area contributed by atoms with Gasteiger partial charge in [-0.05, 0) is 35.4 Å². The molecule has 0 unspecified atom stereocenters. The summed E-state index contributed by atoms with van der Waals surface area (Å²) in [5, 5.41) is 2.97.